The van der Waals surface area contributed by atoms with Crippen molar-refractivity contribution < 1.29 is 0 Å². The number of hydrogen-bond donors (Lipinski definition) is 0. The molecule has 0 radical (unpaired) electrons. The van der Waals surface area contributed by atoms with Gasteiger partial charge < -0.3 is 0 Å². The van der Waals surface area contributed by atoms with E-state index < -0.39 is 0 Å². The third-order valence-corrected chi connectivity index (χ3v) is 3.23. The Morgan fingerprint density at radius 1 is 1.18 bits per heavy atom. The molecule has 64 valence electrons. The molecule has 0 N–H and O–H groups in total. The Morgan fingerprint density at radius 3 is 2.18 bits per heavy atom. The molecule has 0 saturated carbocycles. The first-order valence-corrected chi connectivity index (χ1v) is 4.91. The van der Waals surface area contributed by atoms with Crippen LogP contribution in [0, 0.1) is 11.8 Å². The Hall–Kier alpha value is -0.260. The maximum Gasteiger partial charge on any atom is -0.0200 e. The molecule has 1 aliphatic rings. The minimum atomic E-state index is 0.856. The largest absolute Gasteiger partial charge is 0.0707 e. The molecule has 0 heteroatoms. The Balaban J connectivity index is 2.77. The highest BCUT2D eigenvalue weighted by Gasteiger charge is 2.25. The van der Waals surface area contributed by atoms with E-state index in [4.69, 9.17) is 0 Å². The Kier molecular flexibility index (Phi) is 2.75. The van der Waals surface area contributed by atoms with Crippen LogP contribution in [0.15, 0.2) is 11.1 Å². The average molecular weight is 152 g/mol. The summed E-state index contributed by atoms with van der Waals surface area (Å²) in [6.45, 7) is 9.34. The summed E-state index contributed by atoms with van der Waals surface area (Å²) in [6, 6.07) is 0. The van der Waals surface area contributed by atoms with Gasteiger partial charge in [0.15, 0.2) is 0 Å². The molecule has 0 fully saturated rings. The lowest BCUT2D eigenvalue weighted by Gasteiger charge is -2.12. The van der Waals surface area contributed by atoms with Crippen LogP contribution in [0.1, 0.15) is 47.0 Å². The topological polar surface area (TPSA) is 0 Å². The normalized spacial score (nSPS) is 31.6. The summed E-state index contributed by atoms with van der Waals surface area (Å²) < 4.78 is 0. The monoisotopic (exact) mass is 152 g/mol. The van der Waals surface area contributed by atoms with Crippen LogP contribution in [0.25, 0.3) is 0 Å². The molecule has 1 aliphatic carbocycles. The minimum Gasteiger partial charge on any atom is -0.0707 e. The van der Waals surface area contributed by atoms with Crippen LogP contribution in [0.5, 0.6) is 0 Å². The molecule has 0 amide bonds. The van der Waals surface area contributed by atoms with Crippen molar-refractivity contribution in [1.82, 2.24) is 0 Å². The average Bonchev–Trinajstić information content (AvgIpc) is 2.28. The molecule has 0 aromatic heterocycles. The van der Waals surface area contributed by atoms with E-state index >= 15 is 0 Å². The van der Waals surface area contributed by atoms with Crippen LogP contribution in [0.4, 0.5) is 0 Å². The maximum absolute atomic E-state index is 2.38. The van der Waals surface area contributed by atoms with Crippen molar-refractivity contribution in [3.05, 3.63) is 11.1 Å². The van der Waals surface area contributed by atoms with Crippen molar-refractivity contribution in [3.8, 4) is 0 Å². The molecule has 2 atom stereocenters. The van der Waals surface area contributed by atoms with E-state index in [1.807, 2.05) is 0 Å². The molecule has 0 aliphatic heterocycles. The van der Waals surface area contributed by atoms with Gasteiger partial charge in [-0.2, -0.15) is 0 Å². The van der Waals surface area contributed by atoms with Crippen LogP contribution in [-0.4, -0.2) is 0 Å². The first-order chi connectivity index (χ1) is 5.20. The van der Waals surface area contributed by atoms with E-state index in [1.165, 1.54) is 19.3 Å². The Bertz CT molecular complexity index is 165. The summed E-state index contributed by atoms with van der Waals surface area (Å²) in [5, 5.41) is 0. The Morgan fingerprint density at radius 2 is 1.82 bits per heavy atom. The van der Waals surface area contributed by atoms with Crippen molar-refractivity contribution in [2.75, 3.05) is 0 Å². The van der Waals surface area contributed by atoms with Crippen molar-refractivity contribution in [1.29, 1.82) is 0 Å². The first-order valence-electron chi connectivity index (χ1n) is 4.91. The summed E-state index contributed by atoms with van der Waals surface area (Å²) >= 11 is 0. The van der Waals surface area contributed by atoms with Crippen LogP contribution in [-0.2, 0) is 0 Å². The lowest BCUT2D eigenvalue weighted by Crippen LogP contribution is -2.01. The zero-order chi connectivity index (χ0) is 8.43. The molecule has 0 saturated heterocycles. The van der Waals surface area contributed by atoms with Crippen LogP contribution in [0.2, 0.25) is 0 Å². The van der Waals surface area contributed by atoms with Crippen molar-refractivity contribution >= 4 is 0 Å². The third-order valence-electron chi connectivity index (χ3n) is 3.23. The van der Waals surface area contributed by atoms with Gasteiger partial charge in [-0.3, -0.25) is 0 Å². The molecule has 0 unspecified atom stereocenters. The van der Waals surface area contributed by atoms with Gasteiger partial charge in [0.1, 0.15) is 0 Å². The number of rotatable bonds is 2. The molecule has 0 heterocycles. The zero-order valence-corrected chi connectivity index (χ0v) is 8.28. The lowest BCUT2D eigenvalue weighted by molar-refractivity contribution is 0.472. The van der Waals surface area contributed by atoms with Crippen LogP contribution >= 0.6 is 0 Å². The predicted octanol–water partition coefficient (Wildman–Crippen LogP) is 3.78. The second kappa shape index (κ2) is 3.42. The van der Waals surface area contributed by atoms with Gasteiger partial charge in [0.2, 0.25) is 0 Å². The van der Waals surface area contributed by atoms with Gasteiger partial charge in [-0.25, -0.2) is 0 Å². The van der Waals surface area contributed by atoms with E-state index in [9.17, 15) is 0 Å². The van der Waals surface area contributed by atoms with Crippen LogP contribution in [0.3, 0.4) is 0 Å². The Labute approximate surface area is 70.7 Å². The van der Waals surface area contributed by atoms with E-state index in [0.29, 0.717) is 0 Å². The smallest absolute Gasteiger partial charge is 0.0200 e. The number of hydrogen-bond acceptors (Lipinski definition) is 0. The molecule has 0 spiro atoms. The van der Waals surface area contributed by atoms with Crippen molar-refractivity contribution in [2.45, 2.75) is 47.0 Å². The highest BCUT2D eigenvalue weighted by molar-refractivity contribution is 5.23. The summed E-state index contributed by atoms with van der Waals surface area (Å²) in [4.78, 5) is 0. The van der Waals surface area contributed by atoms with E-state index in [0.717, 1.165) is 11.8 Å². The zero-order valence-electron chi connectivity index (χ0n) is 8.28. The summed E-state index contributed by atoms with van der Waals surface area (Å²) in [5.41, 5.74) is 3.49. The fraction of sp³-hybridized carbons (Fsp3) is 0.818. The SMILES string of the molecule is CCC1=C(CC)[C@H](C)[C@@H](C)C1. The molecular formula is C11H20. The molecule has 1 rings (SSSR count). The predicted molar refractivity (Wildman–Crippen MR) is 50.6 cm³/mol. The fourth-order valence-electron chi connectivity index (χ4n) is 2.31. The van der Waals surface area contributed by atoms with Gasteiger partial charge in [-0.15, -0.1) is 0 Å². The van der Waals surface area contributed by atoms with Gasteiger partial charge in [-0.05, 0) is 31.1 Å². The summed E-state index contributed by atoms with van der Waals surface area (Å²) in [6.07, 6.45) is 3.91. The molecule has 11 heavy (non-hydrogen) atoms. The second-order valence-corrected chi connectivity index (χ2v) is 3.81. The third kappa shape index (κ3) is 1.50. The molecular weight excluding hydrogens is 132 g/mol. The van der Waals surface area contributed by atoms with E-state index in [2.05, 4.69) is 27.7 Å². The van der Waals surface area contributed by atoms with E-state index in [1.54, 1.807) is 11.1 Å². The second-order valence-electron chi connectivity index (χ2n) is 3.81. The van der Waals surface area contributed by atoms with Gasteiger partial charge in [0.05, 0.1) is 0 Å². The summed E-state index contributed by atoms with van der Waals surface area (Å²) in [7, 11) is 0. The fourth-order valence-corrected chi connectivity index (χ4v) is 2.31. The highest BCUT2D eigenvalue weighted by atomic mass is 14.3. The highest BCUT2D eigenvalue weighted by Crippen LogP contribution is 2.39. The quantitative estimate of drug-likeness (QED) is 0.528. The molecule has 0 aromatic rings. The first kappa shape index (κ1) is 8.83. The minimum absolute atomic E-state index is 0.856. The van der Waals surface area contributed by atoms with Gasteiger partial charge in [0.25, 0.3) is 0 Å². The standard InChI is InChI=1S/C11H20/c1-5-10-7-8(3)9(4)11(10)6-2/h8-9H,5-7H2,1-4H3/t8-,9+/m0/s1. The van der Waals surface area contributed by atoms with Crippen LogP contribution < -0.4 is 0 Å². The van der Waals surface area contributed by atoms with Gasteiger partial charge >= 0.3 is 0 Å². The van der Waals surface area contributed by atoms with E-state index in [-0.39, 0.29) is 0 Å². The van der Waals surface area contributed by atoms with Crippen molar-refractivity contribution in [3.63, 3.8) is 0 Å². The van der Waals surface area contributed by atoms with Gasteiger partial charge in [0, 0.05) is 0 Å². The van der Waals surface area contributed by atoms with Gasteiger partial charge in [-0.1, -0.05) is 38.8 Å². The lowest BCUT2D eigenvalue weighted by atomic mass is 9.94. The van der Waals surface area contributed by atoms with Crippen molar-refractivity contribution in [2.24, 2.45) is 11.8 Å². The maximum atomic E-state index is 2.38. The molecule has 0 nitrogen and oxygen atoms in total. The molecule has 0 bridgehead atoms. The molecule has 0 aromatic carbocycles. The number of allylic oxidation sites excluding steroid dienone is 2. The summed E-state index contributed by atoms with van der Waals surface area (Å²) in [5.74, 6) is 1.76.